The quantitative estimate of drug-likeness (QED) is 0.0895. The Balaban J connectivity index is 1.39. The molecule has 5 aromatic rings. The van der Waals surface area contributed by atoms with Gasteiger partial charge in [-0.3, -0.25) is 4.98 Å². The van der Waals surface area contributed by atoms with Gasteiger partial charge < -0.3 is 29.5 Å². The summed E-state index contributed by atoms with van der Waals surface area (Å²) in [6.45, 7) is 13.9. The van der Waals surface area contributed by atoms with E-state index in [-0.39, 0.29) is 32.9 Å². The third-order valence-electron chi connectivity index (χ3n) is 9.57. The molecule has 2 N–H and O–H groups in total. The van der Waals surface area contributed by atoms with Gasteiger partial charge in [0.05, 0.1) is 23.7 Å². The van der Waals surface area contributed by atoms with Gasteiger partial charge in [0, 0.05) is 42.7 Å². The predicted octanol–water partition coefficient (Wildman–Crippen LogP) is 10.3. The van der Waals surface area contributed by atoms with Crippen molar-refractivity contribution >= 4 is 17.7 Å². The molecule has 4 aromatic carbocycles. The zero-order chi connectivity index (χ0) is 41.0. The van der Waals surface area contributed by atoms with Crippen molar-refractivity contribution < 1.29 is 24.1 Å². The number of nitrogens with one attached hydrogen (secondary N) is 1. The van der Waals surface area contributed by atoms with Crippen LogP contribution in [0.25, 0.3) is 22.3 Å². The SMILES string of the molecule is CCCCNCc1ccc(-c2cccc(-c3cccc(COc4cc(OCc5cncc(C#N)c5)c(CN(CCO)C(=O)OC(C)(C)C)cc4Cl)c3C)c2C)cc1. The number of carbonyl (C=O) groups excluding carboxylic acids is 1. The summed E-state index contributed by atoms with van der Waals surface area (Å²) < 4.78 is 18.3. The van der Waals surface area contributed by atoms with Crippen molar-refractivity contribution in [3.8, 4) is 39.8 Å². The van der Waals surface area contributed by atoms with Crippen molar-refractivity contribution in [3.63, 3.8) is 0 Å². The maximum absolute atomic E-state index is 13.1. The number of nitrogens with zero attached hydrogens (tertiary/aromatic N) is 3. The molecule has 57 heavy (non-hydrogen) atoms. The number of pyridine rings is 1. The first-order valence-corrected chi connectivity index (χ1v) is 19.8. The van der Waals surface area contributed by atoms with Crippen LogP contribution in [-0.2, 0) is 31.0 Å². The summed E-state index contributed by atoms with van der Waals surface area (Å²) in [5.41, 5.74) is 10.2. The maximum atomic E-state index is 13.1. The molecule has 0 radical (unpaired) electrons. The number of amides is 1. The monoisotopic (exact) mass is 788 g/mol. The third kappa shape index (κ3) is 11.8. The average Bonchev–Trinajstić information content (AvgIpc) is 3.19. The van der Waals surface area contributed by atoms with Gasteiger partial charge in [0.25, 0.3) is 0 Å². The zero-order valence-electron chi connectivity index (χ0n) is 33.8. The Kier molecular flexibility index (Phi) is 15.1. The smallest absolute Gasteiger partial charge is 0.410 e. The number of ether oxygens (including phenoxy) is 3. The normalized spacial score (nSPS) is 11.2. The van der Waals surface area contributed by atoms with Crippen molar-refractivity contribution in [2.45, 2.75) is 86.3 Å². The predicted molar refractivity (Wildman–Crippen MR) is 226 cm³/mol. The first-order chi connectivity index (χ1) is 27.4. The van der Waals surface area contributed by atoms with E-state index in [4.69, 9.17) is 25.8 Å². The highest BCUT2D eigenvalue weighted by Gasteiger charge is 2.24. The van der Waals surface area contributed by atoms with Crippen LogP contribution in [0, 0.1) is 25.2 Å². The molecule has 0 spiro atoms. The molecular weight excluding hydrogens is 736 g/mol. The highest BCUT2D eigenvalue weighted by Crippen LogP contribution is 2.37. The molecule has 0 saturated carbocycles. The molecule has 0 saturated heterocycles. The fourth-order valence-electron chi connectivity index (χ4n) is 6.48. The number of rotatable bonds is 17. The minimum Gasteiger partial charge on any atom is -0.488 e. The molecule has 1 amide bonds. The largest absolute Gasteiger partial charge is 0.488 e. The number of aliphatic hydroxyl groups is 1. The van der Waals surface area contributed by atoms with Crippen LogP contribution in [0.1, 0.15) is 79.5 Å². The lowest BCUT2D eigenvalue weighted by Crippen LogP contribution is -2.38. The van der Waals surface area contributed by atoms with Crippen molar-refractivity contribution in [2.24, 2.45) is 0 Å². The third-order valence-corrected chi connectivity index (χ3v) is 9.87. The molecule has 0 unspecified atom stereocenters. The lowest BCUT2D eigenvalue weighted by molar-refractivity contribution is 0.0200. The highest BCUT2D eigenvalue weighted by atomic mass is 35.5. The van der Waals surface area contributed by atoms with E-state index < -0.39 is 11.7 Å². The number of aliphatic hydroxyl groups excluding tert-OH is 1. The molecule has 1 aromatic heterocycles. The topological polar surface area (TPSA) is 117 Å². The average molecular weight is 789 g/mol. The Hall–Kier alpha value is -5.40. The standard InChI is InChI=1S/C47H53ClN4O5/c1-7-8-19-50-26-34-15-17-37(18-16-34)40-12-10-14-42(33(40)3)41-13-9-11-38(32(41)2)31-56-45-24-44(55-30-36-22-35(25-49)27-51-28-36)39(23-43(45)48)29-52(20-21-53)46(54)57-47(4,5)6/h9-18,22-24,27-28,50,53H,7-8,19-21,26,29-31H2,1-6H3. The Morgan fingerprint density at radius 1 is 0.877 bits per heavy atom. The highest BCUT2D eigenvalue weighted by molar-refractivity contribution is 6.32. The van der Waals surface area contributed by atoms with Crippen molar-refractivity contribution in [1.29, 1.82) is 5.26 Å². The molecule has 9 nitrogen and oxygen atoms in total. The summed E-state index contributed by atoms with van der Waals surface area (Å²) in [6.07, 6.45) is 4.90. The maximum Gasteiger partial charge on any atom is 0.410 e. The number of unbranched alkanes of at least 4 members (excludes halogenated alkanes) is 1. The molecule has 5 rings (SSSR count). The number of carbonyl (C=O) groups is 1. The van der Waals surface area contributed by atoms with Gasteiger partial charge in [-0.05, 0) is 104 Å². The van der Waals surface area contributed by atoms with E-state index in [1.807, 2.05) is 12.1 Å². The number of aromatic nitrogens is 1. The number of benzene rings is 4. The van der Waals surface area contributed by atoms with Crippen molar-refractivity contribution in [3.05, 3.63) is 135 Å². The van der Waals surface area contributed by atoms with Gasteiger partial charge in [0.15, 0.2) is 0 Å². The van der Waals surface area contributed by atoms with E-state index in [0.29, 0.717) is 33.2 Å². The fourth-order valence-corrected chi connectivity index (χ4v) is 6.73. The molecular formula is C47H53ClN4O5. The Labute approximate surface area is 342 Å². The van der Waals surface area contributed by atoms with E-state index >= 15 is 0 Å². The van der Waals surface area contributed by atoms with Crippen molar-refractivity contribution in [1.82, 2.24) is 15.2 Å². The van der Waals surface area contributed by atoms with Crippen LogP contribution in [0.15, 0.2) is 91.3 Å². The fraction of sp³-hybridized carbons (Fsp3) is 0.340. The van der Waals surface area contributed by atoms with Gasteiger partial charge >= 0.3 is 6.09 Å². The number of nitriles is 1. The summed E-state index contributed by atoms with van der Waals surface area (Å²) in [7, 11) is 0. The van der Waals surface area contributed by atoms with E-state index in [0.717, 1.165) is 35.3 Å². The van der Waals surface area contributed by atoms with E-state index in [9.17, 15) is 15.2 Å². The Bertz CT molecular complexity index is 2180. The molecule has 0 aliphatic rings. The Morgan fingerprint density at radius 2 is 1.58 bits per heavy atom. The summed E-state index contributed by atoms with van der Waals surface area (Å²) in [5, 5.41) is 23.0. The molecule has 0 aliphatic heterocycles. The second kappa shape index (κ2) is 20.1. The lowest BCUT2D eigenvalue weighted by Gasteiger charge is -2.28. The van der Waals surface area contributed by atoms with E-state index in [1.54, 1.807) is 45.2 Å². The first kappa shape index (κ1) is 42.7. The molecule has 10 heteroatoms. The van der Waals surface area contributed by atoms with Gasteiger partial charge in [-0.1, -0.05) is 85.6 Å². The van der Waals surface area contributed by atoms with Crippen LogP contribution in [-0.4, -0.2) is 46.4 Å². The van der Waals surface area contributed by atoms with Gasteiger partial charge in [-0.25, -0.2) is 4.79 Å². The lowest BCUT2D eigenvalue weighted by atomic mass is 9.89. The summed E-state index contributed by atoms with van der Waals surface area (Å²) >= 11 is 6.87. The van der Waals surface area contributed by atoms with Crippen LogP contribution in [0.4, 0.5) is 4.79 Å². The number of halogens is 1. The van der Waals surface area contributed by atoms with E-state index in [2.05, 4.69) is 85.7 Å². The van der Waals surface area contributed by atoms with Crippen LogP contribution < -0.4 is 14.8 Å². The molecule has 1 heterocycles. The summed E-state index contributed by atoms with van der Waals surface area (Å²) in [4.78, 5) is 18.7. The molecule has 0 aliphatic carbocycles. The van der Waals surface area contributed by atoms with E-state index in [1.165, 1.54) is 46.2 Å². The zero-order valence-corrected chi connectivity index (χ0v) is 34.6. The van der Waals surface area contributed by atoms with Crippen LogP contribution in [0.2, 0.25) is 5.02 Å². The second-order valence-electron chi connectivity index (χ2n) is 15.1. The second-order valence-corrected chi connectivity index (χ2v) is 15.5. The Morgan fingerprint density at radius 3 is 2.28 bits per heavy atom. The molecule has 0 atom stereocenters. The first-order valence-electron chi connectivity index (χ1n) is 19.4. The van der Waals surface area contributed by atoms with Crippen LogP contribution in [0.5, 0.6) is 11.5 Å². The molecule has 0 bridgehead atoms. The minimum absolute atomic E-state index is 0.0412. The van der Waals surface area contributed by atoms with Gasteiger partial charge in [0.1, 0.15) is 36.4 Å². The number of hydrogen-bond donors (Lipinski definition) is 2. The van der Waals surface area contributed by atoms with Gasteiger partial charge in [-0.2, -0.15) is 5.26 Å². The molecule has 0 fully saturated rings. The minimum atomic E-state index is -0.730. The summed E-state index contributed by atoms with van der Waals surface area (Å²) in [5.74, 6) is 0.819. The molecule has 298 valence electrons. The van der Waals surface area contributed by atoms with Crippen LogP contribution >= 0.6 is 11.6 Å². The summed E-state index contributed by atoms with van der Waals surface area (Å²) in [6, 6.07) is 28.7. The van der Waals surface area contributed by atoms with Gasteiger partial charge in [0.2, 0.25) is 0 Å². The van der Waals surface area contributed by atoms with Crippen molar-refractivity contribution in [2.75, 3.05) is 19.7 Å². The van der Waals surface area contributed by atoms with Gasteiger partial charge in [-0.15, -0.1) is 0 Å². The van der Waals surface area contributed by atoms with Crippen LogP contribution in [0.3, 0.4) is 0 Å². The number of hydrogen-bond acceptors (Lipinski definition) is 8.